The van der Waals surface area contributed by atoms with Gasteiger partial charge in [0.1, 0.15) is 0 Å². The van der Waals surface area contributed by atoms with Crippen LogP contribution in [0.2, 0.25) is 0 Å². The molecule has 63 valence electrons. The van der Waals surface area contributed by atoms with Gasteiger partial charge in [0.15, 0.2) is 5.17 Å². The Hall–Kier alpha value is -0.180. The maximum atomic E-state index is 4.35. The topological polar surface area (TPSA) is 24.4 Å². The summed E-state index contributed by atoms with van der Waals surface area (Å²) in [5.74, 6) is 1.15. The van der Waals surface area contributed by atoms with Gasteiger partial charge in [-0.3, -0.25) is 4.99 Å². The van der Waals surface area contributed by atoms with Crippen LogP contribution in [0.5, 0.6) is 0 Å². The molecular weight excluding hydrogens is 156 g/mol. The largest absolute Gasteiger partial charge is 0.365 e. The van der Waals surface area contributed by atoms with Gasteiger partial charge in [0.25, 0.3) is 0 Å². The van der Waals surface area contributed by atoms with Gasteiger partial charge in [0.05, 0.1) is 0 Å². The van der Waals surface area contributed by atoms with Crippen LogP contribution < -0.4 is 5.32 Å². The fraction of sp³-hybridized carbons (Fsp3) is 0.750. The maximum absolute atomic E-state index is 4.35. The molecule has 0 saturated heterocycles. The Kier molecular flexibility index (Phi) is 4.43. The highest BCUT2D eigenvalue weighted by atomic mass is 32.2. The molecule has 1 aliphatic rings. The fourth-order valence-electron chi connectivity index (χ4n) is 0.878. The average Bonchev–Trinajstić information content (AvgIpc) is 2.07. The molecule has 0 saturated carbocycles. The second-order valence-electron chi connectivity index (χ2n) is 2.52. The Bertz CT molecular complexity index is 134. The number of thioether (sulfide) groups is 1. The molecule has 0 fully saturated rings. The molecule has 1 radical (unpaired) electrons. The van der Waals surface area contributed by atoms with Crippen LogP contribution in [0.1, 0.15) is 19.3 Å². The minimum absolute atomic E-state index is 1.000. The molecule has 0 amide bonds. The number of hydrogen-bond acceptors (Lipinski definition) is 3. The Balaban J connectivity index is 2.09. The summed E-state index contributed by atoms with van der Waals surface area (Å²) in [5, 5.41) is 4.40. The Morgan fingerprint density at radius 3 is 3.18 bits per heavy atom. The van der Waals surface area contributed by atoms with Gasteiger partial charge < -0.3 is 5.32 Å². The van der Waals surface area contributed by atoms with Crippen LogP contribution >= 0.6 is 11.8 Å². The third-order valence-electron chi connectivity index (χ3n) is 1.50. The van der Waals surface area contributed by atoms with E-state index in [1.165, 1.54) is 12.8 Å². The lowest BCUT2D eigenvalue weighted by Gasteiger charge is -2.12. The minimum Gasteiger partial charge on any atom is -0.365 e. The predicted molar refractivity (Wildman–Crippen MR) is 52.0 cm³/mol. The van der Waals surface area contributed by atoms with Crippen molar-refractivity contribution < 1.29 is 0 Å². The van der Waals surface area contributed by atoms with Crippen molar-refractivity contribution in [2.75, 3.05) is 18.8 Å². The monoisotopic (exact) mass is 171 g/mol. The van der Waals surface area contributed by atoms with Crippen molar-refractivity contribution in [2.45, 2.75) is 19.3 Å². The molecule has 0 aromatic carbocycles. The van der Waals surface area contributed by atoms with Crippen LogP contribution in [0, 0.1) is 6.92 Å². The smallest absolute Gasteiger partial charge is 0.156 e. The highest BCUT2D eigenvalue weighted by Crippen LogP contribution is 2.07. The first-order chi connectivity index (χ1) is 5.43. The summed E-state index contributed by atoms with van der Waals surface area (Å²) in [7, 11) is 0. The van der Waals surface area contributed by atoms with Gasteiger partial charge in [0, 0.05) is 18.8 Å². The number of amidine groups is 1. The molecule has 0 atom stereocenters. The molecule has 1 heterocycles. The second-order valence-corrected chi connectivity index (χ2v) is 3.61. The zero-order chi connectivity index (χ0) is 7.94. The molecule has 1 N–H and O–H groups in total. The van der Waals surface area contributed by atoms with E-state index >= 15 is 0 Å². The number of hydrogen-bond donors (Lipinski definition) is 1. The van der Waals surface area contributed by atoms with Crippen molar-refractivity contribution in [2.24, 2.45) is 4.99 Å². The van der Waals surface area contributed by atoms with Crippen molar-refractivity contribution in [1.29, 1.82) is 0 Å². The van der Waals surface area contributed by atoms with Gasteiger partial charge in [-0.1, -0.05) is 25.1 Å². The molecule has 0 aromatic heterocycles. The van der Waals surface area contributed by atoms with E-state index in [2.05, 4.69) is 17.2 Å². The van der Waals surface area contributed by atoms with Crippen LogP contribution in [0.25, 0.3) is 0 Å². The summed E-state index contributed by atoms with van der Waals surface area (Å²) in [4.78, 5) is 4.35. The number of rotatable bonds is 3. The molecule has 0 spiro atoms. The number of unbranched alkanes of at least 4 members (excludes halogenated alkanes) is 1. The number of aliphatic imine (C=N–C) groups is 1. The minimum atomic E-state index is 1.000. The van der Waals surface area contributed by atoms with Crippen LogP contribution in [0.4, 0.5) is 0 Å². The third kappa shape index (κ3) is 3.65. The van der Waals surface area contributed by atoms with E-state index in [1.54, 1.807) is 0 Å². The van der Waals surface area contributed by atoms with E-state index in [4.69, 9.17) is 0 Å². The normalized spacial score (nSPS) is 17.4. The van der Waals surface area contributed by atoms with E-state index in [0.717, 1.165) is 30.4 Å². The van der Waals surface area contributed by atoms with Crippen LogP contribution in [0.15, 0.2) is 4.99 Å². The van der Waals surface area contributed by atoms with Crippen molar-refractivity contribution >= 4 is 16.9 Å². The van der Waals surface area contributed by atoms with Crippen molar-refractivity contribution in [1.82, 2.24) is 5.32 Å². The third-order valence-corrected chi connectivity index (χ3v) is 2.54. The lowest BCUT2D eigenvalue weighted by molar-refractivity contribution is 0.751. The molecule has 1 aliphatic heterocycles. The summed E-state index contributed by atoms with van der Waals surface area (Å²) in [5.41, 5.74) is 0. The van der Waals surface area contributed by atoms with Gasteiger partial charge >= 0.3 is 0 Å². The van der Waals surface area contributed by atoms with E-state index in [9.17, 15) is 0 Å². The van der Waals surface area contributed by atoms with Crippen LogP contribution in [0.3, 0.4) is 0 Å². The SMILES string of the molecule is [CH2]CCCSC1=NCCCN1. The molecule has 2 nitrogen and oxygen atoms in total. The Labute approximate surface area is 72.9 Å². The molecule has 0 aliphatic carbocycles. The Morgan fingerprint density at radius 1 is 1.64 bits per heavy atom. The highest BCUT2D eigenvalue weighted by molar-refractivity contribution is 8.13. The van der Waals surface area contributed by atoms with Crippen molar-refractivity contribution in [3.8, 4) is 0 Å². The maximum Gasteiger partial charge on any atom is 0.156 e. The average molecular weight is 171 g/mol. The van der Waals surface area contributed by atoms with E-state index in [1.807, 2.05) is 11.8 Å². The summed E-state index contributed by atoms with van der Waals surface area (Å²) in [6.45, 7) is 5.89. The van der Waals surface area contributed by atoms with Crippen LogP contribution in [-0.2, 0) is 0 Å². The molecule has 11 heavy (non-hydrogen) atoms. The van der Waals surface area contributed by atoms with Gasteiger partial charge in [-0.15, -0.1) is 0 Å². The zero-order valence-electron chi connectivity index (χ0n) is 6.81. The molecule has 1 rings (SSSR count). The lowest BCUT2D eigenvalue weighted by Crippen LogP contribution is -2.26. The molecule has 3 heteroatoms. The van der Waals surface area contributed by atoms with Gasteiger partial charge in [-0.25, -0.2) is 0 Å². The quantitative estimate of drug-likeness (QED) is 0.653. The standard InChI is InChI=1S/C8H15N2S/c1-2-3-7-11-8-9-5-4-6-10-8/h1-7H2,(H,9,10). The van der Waals surface area contributed by atoms with E-state index < -0.39 is 0 Å². The number of nitrogens with zero attached hydrogens (tertiary/aromatic N) is 1. The first-order valence-corrected chi connectivity index (χ1v) is 5.12. The summed E-state index contributed by atoms with van der Waals surface area (Å²) >= 11 is 1.82. The van der Waals surface area contributed by atoms with Crippen molar-refractivity contribution in [3.05, 3.63) is 6.92 Å². The Morgan fingerprint density at radius 2 is 2.55 bits per heavy atom. The van der Waals surface area contributed by atoms with Gasteiger partial charge in [0.2, 0.25) is 0 Å². The molecule has 0 unspecified atom stereocenters. The van der Waals surface area contributed by atoms with Crippen LogP contribution in [-0.4, -0.2) is 24.0 Å². The molecule has 0 aromatic rings. The van der Waals surface area contributed by atoms with E-state index in [0.29, 0.717) is 0 Å². The first-order valence-electron chi connectivity index (χ1n) is 4.14. The fourth-order valence-corrected chi connectivity index (χ4v) is 1.81. The van der Waals surface area contributed by atoms with Gasteiger partial charge in [-0.05, 0) is 12.8 Å². The highest BCUT2D eigenvalue weighted by Gasteiger charge is 2.02. The van der Waals surface area contributed by atoms with E-state index in [-0.39, 0.29) is 0 Å². The summed E-state index contributed by atoms with van der Waals surface area (Å²) in [6.07, 6.45) is 3.39. The van der Waals surface area contributed by atoms with Crippen molar-refractivity contribution in [3.63, 3.8) is 0 Å². The lowest BCUT2D eigenvalue weighted by atomic mass is 10.4. The van der Waals surface area contributed by atoms with Gasteiger partial charge in [-0.2, -0.15) is 0 Å². The zero-order valence-corrected chi connectivity index (χ0v) is 7.62. The molecule has 0 bridgehead atoms. The summed E-state index contributed by atoms with van der Waals surface area (Å²) < 4.78 is 0. The molecular formula is C8H15N2S. The first kappa shape index (κ1) is 8.91. The predicted octanol–water partition coefficient (Wildman–Crippen LogP) is 1.68. The summed E-state index contributed by atoms with van der Waals surface area (Å²) in [6, 6.07) is 0. The second kappa shape index (κ2) is 5.47. The number of nitrogens with one attached hydrogen (secondary N) is 1.